The molecule has 0 spiro atoms. The van der Waals surface area contributed by atoms with E-state index in [4.69, 9.17) is 5.73 Å². The number of fused-ring (bicyclic) bond motifs is 3. The number of nitrogens with zero attached hydrogens (tertiary/aromatic N) is 3. The molecule has 0 aliphatic carbocycles. The standard InChI is InChI=1S/C18H20N6O2/c1-2-10-8-14(25)23-13(10)9-22-17-15-11(3-4-20-17)7-12(16(19)26)18-21-5-6-24(15)18/h3-7,10,13H,2,8-9H2,1H3,(H2,19,26)(H,20,22)(H,23,25). The average Bonchev–Trinajstić information content (AvgIpc) is 3.25. The Bertz CT molecular complexity index is 1010. The number of hydrogen-bond donors (Lipinski definition) is 3. The molecule has 8 nitrogen and oxygen atoms in total. The molecule has 4 heterocycles. The summed E-state index contributed by atoms with van der Waals surface area (Å²) in [7, 11) is 0. The molecule has 3 aromatic rings. The van der Waals surface area contributed by atoms with Crippen LogP contribution in [0.1, 0.15) is 30.1 Å². The smallest absolute Gasteiger partial charge is 0.252 e. The van der Waals surface area contributed by atoms with Crippen molar-refractivity contribution in [3.8, 4) is 0 Å². The van der Waals surface area contributed by atoms with Crippen LogP contribution in [0.3, 0.4) is 0 Å². The molecular weight excluding hydrogens is 332 g/mol. The van der Waals surface area contributed by atoms with E-state index in [0.717, 1.165) is 17.3 Å². The predicted molar refractivity (Wildman–Crippen MR) is 97.8 cm³/mol. The van der Waals surface area contributed by atoms with Crippen molar-refractivity contribution in [3.05, 3.63) is 36.3 Å². The second-order valence-electron chi connectivity index (χ2n) is 6.57. The van der Waals surface area contributed by atoms with E-state index < -0.39 is 5.91 Å². The second-order valence-corrected chi connectivity index (χ2v) is 6.57. The van der Waals surface area contributed by atoms with Gasteiger partial charge >= 0.3 is 0 Å². The van der Waals surface area contributed by atoms with Gasteiger partial charge in [0.1, 0.15) is 5.65 Å². The molecule has 2 unspecified atom stereocenters. The Morgan fingerprint density at radius 1 is 1.42 bits per heavy atom. The van der Waals surface area contributed by atoms with E-state index >= 15 is 0 Å². The zero-order chi connectivity index (χ0) is 18.3. The number of nitrogens with one attached hydrogen (secondary N) is 2. The van der Waals surface area contributed by atoms with Crippen LogP contribution in [-0.2, 0) is 4.79 Å². The highest BCUT2D eigenvalue weighted by molar-refractivity contribution is 6.04. The first-order valence-corrected chi connectivity index (χ1v) is 8.66. The van der Waals surface area contributed by atoms with Gasteiger partial charge < -0.3 is 16.4 Å². The fraction of sp³-hybridized carbons (Fsp3) is 0.333. The molecule has 4 N–H and O–H groups in total. The number of rotatable bonds is 5. The lowest BCUT2D eigenvalue weighted by molar-refractivity contribution is -0.119. The molecule has 1 aliphatic heterocycles. The van der Waals surface area contributed by atoms with E-state index in [2.05, 4.69) is 27.5 Å². The summed E-state index contributed by atoms with van der Waals surface area (Å²) in [5, 5.41) is 7.21. The quantitative estimate of drug-likeness (QED) is 0.640. The molecule has 134 valence electrons. The first-order valence-electron chi connectivity index (χ1n) is 8.66. The minimum absolute atomic E-state index is 0.0766. The SMILES string of the molecule is CCC1CC(=O)NC1CNc1nccc2cc(C(N)=O)c3nccn3c12. The molecule has 8 heteroatoms. The van der Waals surface area contributed by atoms with Gasteiger partial charge in [0.15, 0.2) is 5.82 Å². The van der Waals surface area contributed by atoms with Crippen LogP contribution < -0.4 is 16.4 Å². The third kappa shape index (κ3) is 2.63. The summed E-state index contributed by atoms with van der Waals surface area (Å²) in [4.78, 5) is 32.1. The summed E-state index contributed by atoms with van der Waals surface area (Å²) in [6, 6.07) is 3.64. The summed E-state index contributed by atoms with van der Waals surface area (Å²) < 4.78 is 1.81. The van der Waals surface area contributed by atoms with Crippen LogP contribution >= 0.6 is 0 Å². The third-order valence-electron chi connectivity index (χ3n) is 5.02. The van der Waals surface area contributed by atoms with Crippen LogP contribution in [-0.4, -0.2) is 38.8 Å². The van der Waals surface area contributed by atoms with Gasteiger partial charge in [0.05, 0.1) is 11.1 Å². The maximum Gasteiger partial charge on any atom is 0.252 e. The topological polar surface area (TPSA) is 114 Å². The normalized spacial score (nSPS) is 19.8. The molecule has 1 saturated heterocycles. The van der Waals surface area contributed by atoms with E-state index in [1.54, 1.807) is 24.7 Å². The Kier molecular flexibility index (Phi) is 3.95. The Labute approximate surface area is 149 Å². The molecule has 0 bridgehead atoms. The number of carbonyl (C=O) groups is 2. The van der Waals surface area contributed by atoms with E-state index in [9.17, 15) is 9.59 Å². The number of anilines is 1. The van der Waals surface area contributed by atoms with Crippen LogP contribution in [0.5, 0.6) is 0 Å². The van der Waals surface area contributed by atoms with E-state index in [1.165, 1.54) is 0 Å². The molecule has 2 atom stereocenters. The lowest BCUT2D eigenvalue weighted by atomic mass is 9.98. The fourth-order valence-electron chi connectivity index (χ4n) is 3.67. The number of nitrogens with two attached hydrogens (primary N) is 1. The van der Waals surface area contributed by atoms with Crippen LogP contribution in [0.4, 0.5) is 5.82 Å². The Morgan fingerprint density at radius 3 is 3.04 bits per heavy atom. The number of carbonyl (C=O) groups excluding carboxylic acids is 2. The van der Waals surface area contributed by atoms with Crippen molar-refractivity contribution in [2.45, 2.75) is 25.8 Å². The minimum Gasteiger partial charge on any atom is -0.366 e. The monoisotopic (exact) mass is 352 g/mol. The molecule has 1 aliphatic rings. The highest BCUT2D eigenvalue weighted by Gasteiger charge is 2.30. The van der Waals surface area contributed by atoms with Crippen LogP contribution in [0, 0.1) is 5.92 Å². The number of aromatic nitrogens is 3. The molecule has 2 amide bonds. The largest absolute Gasteiger partial charge is 0.366 e. The van der Waals surface area contributed by atoms with Gasteiger partial charge in [0.2, 0.25) is 5.91 Å². The number of imidazole rings is 1. The van der Waals surface area contributed by atoms with Crippen molar-refractivity contribution in [2.24, 2.45) is 11.7 Å². The van der Waals surface area contributed by atoms with Gasteiger partial charge in [-0.05, 0) is 18.1 Å². The number of hydrogen-bond acceptors (Lipinski definition) is 5. The molecule has 0 radical (unpaired) electrons. The minimum atomic E-state index is -0.520. The van der Waals surface area contributed by atoms with Crippen molar-refractivity contribution in [2.75, 3.05) is 11.9 Å². The number of pyridine rings is 2. The molecular formula is C18H20N6O2. The van der Waals surface area contributed by atoms with Crippen molar-refractivity contribution in [1.29, 1.82) is 0 Å². The summed E-state index contributed by atoms with van der Waals surface area (Å²) in [6.07, 6.45) is 6.61. The van der Waals surface area contributed by atoms with Gasteiger partial charge in [-0.15, -0.1) is 0 Å². The second kappa shape index (κ2) is 6.29. The summed E-state index contributed by atoms with van der Waals surface area (Å²) in [6.45, 7) is 2.68. The fourth-order valence-corrected chi connectivity index (χ4v) is 3.67. The molecule has 1 fully saturated rings. The lowest BCUT2D eigenvalue weighted by Crippen LogP contribution is -2.35. The average molecular weight is 352 g/mol. The maximum absolute atomic E-state index is 11.7. The van der Waals surface area contributed by atoms with Crippen LogP contribution in [0.2, 0.25) is 0 Å². The van der Waals surface area contributed by atoms with E-state index in [-0.39, 0.29) is 11.9 Å². The Balaban J connectivity index is 1.73. The van der Waals surface area contributed by atoms with Crippen LogP contribution in [0.15, 0.2) is 30.7 Å². The van der Waals surface area contributed by atoms with Gasteiger partial charge in [-0.1, -0.05) is 13.3 Å². The van der Waals surface area contributed by atoms with E-state index in [0.29, 0.717) is 35.9 Å². The maximum atomic E-state index is 11.7. The number of primary amides is 1. The van der Waals surface area contributed by atoms with Crippen molar-refractivity contribution in [3.63, 3.8) is 0 Å². The van der Waals surface area contributed by atoms with Crippen molar-refractivity contribution in [1.82, 2.24) is 19.7 Å². The molecule has 4 rings (SSSR count). The number of amides is 2. The van der Waals surface area contributed by atoms with Crippen molar-refractivity contribution < 1.29 is 9.59 Å². The first-order chi connectivity index (χ1) is 12.6. The van der Waals surface area contributed by atoms with Gasteiger partial charge in [-0.3, -0.25) is 14.0 Å². The van der Waals surface area contributed by atoms with Gasteiger partial charge in [-0.25, -0.2) is 9.97 Å². The highest BCUT2D eigenvalue weighted by atomic mass is 16.2. The van der Waals surface area contributed by atoms with E-state index in [1.807, 2.05) is 10.5 Å². The zero-order valence-electron chi connectivity index (χ0n) is 14.4. The van der Waals surface area contributed by atoms with Gasteiger partial charge in [0, 0.05) is 43.0 Å². The van der Waals surface area contributed by atoms with Gasteiger partial charge in [0.25, 0.3) is 5.91 Å². The predicted octanol–water partition coefficient (Wildman–Crippen LogP) is 1.31. The third-order valence-corrected chi connectivity index (χ3v) is 5.02. The van der Waals surface area contributed by atoms with Crippen molar-refractivity contribution >= 4 is 34.2 Å². The molecule has 0 aromatic carbocycles. The first kappa shape index (κ1) is 16.3. The Morgan fingerprint density at radius 2 is 2.27 bits per heavy atom. The Hall–Kier alpha value is -3.16. The summed E-state index contributed by atoms with van der Waals surface area (Å²) >= 11 is 0. The molecule has 0 saturated carbocycles. The van der Waals surface area contributed by atoms with Gasteiger partial charge in [-0.2, -0.15) is 0 Å². The highest BCUT2D eigenvalue weighted by Crippen LogP contribution is 2.26. The zero-order valence-corrected chi connectivity index (χ0v) is 14.4. The van der Waals surface area contributed by atoms with Crippen LogP contribution in [0.25, 0.3) is 16.6 Å². The lowest BCUT2D eigenvalue weighted by Gasteiger charge is -2.19. The molecule has 26 heavy (non-hydrogen) atoms. The summed E-state index contributed by atoms with van der Waals surface area (Å²) in [5.41, 5.74) is 7.18. The molecule has 3 aromatic heterocycles. The summed E-state index contributed by atoms with van der Waals surface area (Å²) in [5.74, 6) is 0.573.